The molecule has 2 aromatic carbocycles. The third kappa shape index (κ3) is 5.92. The Labute approximate surface area is 165 Å². The van der Waals surface area contributed by atoms with E-state index in [0.717, 1.165) is 5.56 Å². The van der Waals surface area contributed by atoms with E-state index in [4.69, 9.17) is 11.6 Å². The second-order valence-electron chi connectivity index (χ2n) is 5.80. The van der Waals surface area contributed by atoms with Crippen LogP contribution in [0.3, 0.4) is 0 Å². The van der Waals surface area contributed by atoms with E-state index in [9.17, 15) is 13.6 Å². The molecule has 1 heterocycles. The van der Waals surface area contributed by atoms with Crippen molar-refractivity contribution in [2.45, 2.75) is 13.2 Å². The van der Waals surface area contributed by atoms with Crippen molar-refractivity contribution in [2.75, 3.05) is 5.32 Å². The molecule has 0 atom stereocenters. The van der Waals surface area contributed by atoms with Crippen molar-refractivity contribution in [1.29, 1.82) is 0 Å². The van der Waals surface area contributed by atoms with Gasteiger partial charge in [0.2, 0.25) is 5.91 Å². The van der Waals surface area contributed by atoms with Crippen LogP contribution in [0.2, 0.25) is 5.02 Å². The summed E-state index contributed by atoms with van der Waals surface area (Å²) in [4.78, 5) is 12.0. The normalized spacial score (nSPS) is 11.1. The van der Waals surface area contributed by atoms with Gasteiger partial charge in [-0.3, -0.25) is 9.48 Å². The van der Waals surface area contributed by atoms with Gasteiger partial charge in [0.05, 0.1) is 6.54 Å². The largest absolute Gasteiger partial charge is 0.435 e. The Morgan fingerprint density at radius 1 is 1.21 bits per heavy atom. The van der Waals surface area contributed by atoms with Crippen molar-refractivity contribution >= 4 is 29.4 Å². The Balaban J connectivity index is 1.55. The van der Waals surface area contributed by atoms with Crippen molar-refractivity contribution < 1.29 is 18.3 Å². The molecular weight excluding hydrogens is 388 g/mol. The number of carbonyl (C=O) groups is 1. The fourth-order valence-corrected chi connectivity index (χ4v) is 2.65. The Hall–Kier alpha value is -3.19. The number of alkyl halides is 2. The lowest BCUT2D eigenvalue weighted by atomic mass is 10.2. The van der Waals surface area contributed by atoms with Crippen LogP contribution in [-0.4, -0.2) is 22.3 Å². The molecule has 3 rings (SSSR count). The third-order valence-corrected chi connectivity index (χ3v) is 3.89. The van der Waals surface area contributed by atoms with Crippen LogP contribution < -0.4 is 10.1 Å². The minimum atomic E-state index is -2.87. The van der Waals surface area contributed by atoms with Gasteiger partial charge in [0.1, 0.15) is 5.75 Å². The van der Waals surface area contributed by atoms with Crippen LogP contribution in [0.5, 0.6) is 5.75 Å². The molecule has 0 radical (unpaired) electrons. The average molecular weight is 404 g/mol. The molecule has 0 aliphatic rings. The number of anilines is 1. The predicted octanol–water partition coefficient (Wildman–Crippen LogP) is 4.84. The van der Waals surface area contributed by atoms with Crippen LogP contribution in [0.4, 0.5) is 14.6 Å². The Bertz CT molecular complexity index is 972. The van der Waals surface area contributed by atoms with E-state index in [0.29, 0.717) is 22.9 Å². The molecule has 0 saturated heterocycles. The summed E-state index contributed by atoms with van der Waals surface area (Å²) in [7, 11) is 0. The number of aromatic nitrogens is 2. The van der Waals surface area contributed by atoms with Crippen LogP contribution in [0.1, 0.15) is 11.1 Å². The van der Waals surface area contributed by atoms with Gasteiger partial charge >= 0.3 is 6.61 Å². The monoisotopic (exact) mass is 403 g/mol. The lowest BCUT2D eigenvalue weighted by Gasteiger charge is -2.04. The first-order valence-electron chi connectivity index (χ1n) is 8.30. The number of amides is 1. The smallest absolute Gasteiger partial charge is 0.387 e. The van der Waals surface area contributed by atoms with Crippen LogP contribution in [0.25, 0.3) is 6.08 Å². The molecule has 1 N–H and O–H groups in total. The minimum Gasteiger partial charge on any atom is -0.435 e. The SMILES string of the molecule is O=C(/C=C\c1ccc(OC(F)F)cc1)Nc1ccn(Cc2cccc(Cl)c2)n1. The second-order valence-corrected chi connectivity index (χ2v) is 6.24. The van der Waals surface area contributed by atoms with Crippen LogP contribution in [0.15, 0.2) is 66.9 Å². The molecule has 28 heavy (non-hydrogen) atoms. The zero-order valence-electron chi connectivity index (χ0n) is 14.6. The molecule has 8 heteroatoms. The summed E-state index contributed by atoms with van der Waals surface area (Å²) in [6.45, 7) is -2.34. The summed E-state index contributed by atoms with van der Waals surface area (Å²) in [5, 5.41) is 7.60. The molecule has 0 aliphatic carbocycles. The number of hydrogen-bond donors (Lipinski definition) is 1. The first-order valence-corrected chi connectivity index (χ1v) is 8.67. The Kier molecular flexibility index (Phi) is 6.39. The number of nitrogens with zero attached hydrogens (tertiary/aromatic N) is 2. The number of hydrogen-bond acceptors (Lipinski definition) is 3. The van der Waals surface area contributed by atoms with Crippen molar-refractivity contribution in [2.24, 2.45) is 0 Å². The molecule has 144 valence electrons. The van der Waals surface area contributed by atoms with Crippen molar-refractivity contribution in [3.05, 3.63) is 83.0 Å². The van der Waals surface area contributed by atoms with Crippen molar-refractivity contribution in [3.8, 4) is 5.75 Å². The van der Waals surface area contributed by atoms with Crippen LogP contribution >= 0.6 is 11.6 Å². The van der Waals surface area contributed by atoms with Crippen LogP contribution in [0, 0.1) is 0 Å². The summed E-state index contributed by atoms with van der Waals surface area (Å²) in [5.41, 5.74) is 1.66. The average Bonchev–Trinajstić information content (AvgIpc) is 3.07. The third-order valence-electron chi connectivity index (χ3n) is 3.66. The first kappa shape index (κ1) is 19.6. The number of benzene rings is 2. The van der Waals surface area contributed by atoms with E-state index < -0.39 is 6.61 Å². The Morgan fingerprint density at radius 3 is 2.71 bits per heavy atom. The van der Waals surface area contributed by atoms with Gasteiger partial charge in [0.25, 0.3) is 0 Å². The predicted molar refractivity (Wildman–Crippen MR) is 104 cm³/mol. The summed E-state index contributed by atoms with van der Waals surface area (Å²) < 4.78 is 30.2. The van der Waals surface area contributed by atoms with Gasteiger partial charge in [-0.15, -0.1) is 0 Å². The van der Waals surface area contributed by atoms with Crippen molar-refractivity contribution in [1.82, 2.24) is 9.78 Å². The lowest BCUT2D eigenvalue weighted by molar-refractivity contribution is -0.111. The van der Waals surface area contributed by atoms with E-state index in [1.54, 1.807) is 41.2 Å². The number of rotatable bonds is 7. The lowest BCUT2D eigenvalue weighted by Crippen LogP contribution is -2.09. The van der Waals surface area contributed by atoms with E-state index in [1.165, 1.54) is 18.2 Å². The zero-order chi connectivity index (χ0) is 19.9. The quantitative estimate of drug-likeness (QED) is 0.574. The van der Waals surface area contributed by atoms with Crippen molar-refractivity contribution in [3.63, 3.8) is 0 Å². The van der Waals surface area contributed by atoms with Crippen LogP contribution in [-0.2, 0) is 11.3 Å². The molecule has 1 aromatic heterocycles. The summed E-state index contributed by atoms with van der Waals surface area (Å²) >= 11 is 5.97. The van der Waals surface area contributed by atoms with E-state index in [1.807, 2.05) is 18.2 Å². The fourth-order valence-electron chi connectivity index (χ4n) is 2.44. The molecule has 0 bridgehead atoms. The highest BCUT2D eigenvalue weighted by Gasteiger charge is 2.05. The molecule has 0 unspecified atom stereocenters. The molecule has 5 nitrogen and oxygen atoms in total. The second kappa shape index (κ2) is 9.14. The summed E-state index contributed by atoms with van der Waals surface area (Å²) in [6, 6.07) is 15.1. The zero-order valence-corrected chi connectivity index (χ0v) is 15.3. The van der Waals surface area contributed by atoms with Gasteiger partial charge in [-0.2, -0.15) is 13.9 Å². The number of halogens is 3. The van der Waals surface area contributed by atoms with E-state index >= 15 is 0 Å². The number of nitrogens with one attached hydrogen (secondary N) is 1. The topological polar surface area (TPSA) is 56.1 Å². The highest BCUT2D eigenvalue weighted by atomic mass is 35.5. The summed E-state index contributed by atoms with van der Waals surface area (Å²) in [6.07, 6.45) is 4.64. The number of ether oxygens (including phenoxy) is 1. The highest BCUT2D eigenvalue weighted by Crippen LogP contribution is 2.16. The Morgan fingerprint density at radius 2 is 2.00 bits per heavy atom. The van der Waals surface area contributed by atoms with Gasteiger partial charge in [-0.25, -0.2) is 0 Å². The highest BCUT2D eigenvalue weighted by molar-refractivity contribution is 6.30. The van der Waals surface area contributed by atoms with Gasteiger partial charge in [-0.1, -0.05) is 35.9 Å². The molecule has 3 aromatic rings. The summed E-state index contributed by atoms with van der Waals surface area (Å²) in [5.74, 6) is 0.111. The van der Waals surface area contributed by atoms with Gasteiger partial charge in [-0.05, 0) is 41.5 Å². The maximum absolute atomic E-state index is 12.1. The molecular formula is C20H16ClF2N3O2. The standard InChI is InChI=1S/C20H16ClF2N3O2/c21-16-3-1-2-15(12-16)13-26-11-10-18(25-26)24-19(27)9-6-14-4-7-17(8-5-14)28-20(22)23/h1-12,20H,13H2,(H,24,25,27)/b9-6-. The van der Waals surface area contributed by atoms with E-state index in [2.05, 4.69) is 15.2 Å². The maximum Gasteiger partial charge on any atom is 0.387 e. The molecule has 0 saturated carbocycles. The molecule has 0 aliphatic heterocycles. The van der Waals surface area contributed by atoms with E-state index in [-0.39, 0.29) is 11.7 Å². The first-order chi connectivity index (χ1) is 13.5. The maximum atomic E-state index is 12.1. The minimum absolute atomic E-state index is 0.0573. The number of carbonyl (C=O) groups excluding carboxylic acids is 1. The molecule has 0 spiro atoms. The van der Waals surface area contributed by atoms with Gasteiger partial charge in [0.15, 0.2) is 5.82 Å². The van der Waals surface area contributed by atoms with Gasteiger partial charge in [0, 0.05) is 23.4 Å². The van der Waals surface area contributed by atoms with Gasteiger partial charge < -0.3 is 10.1 Å². The molecule has 0 fully saturated rings. The molecule has 1 amide bonds. The fraction of sp³-hybridized carbons (Fsp3) is 0.100.